The highest BCUT2D eigenvalue weighted by atomic mass is 35.5. The molecule has 154 valence electrons. The number of hydrogen-bond donors (Lipinski definition) is 2. The molecule has 11 heteroatoms. The fourth-order valence-electron chi connectivity index (χ4n) is 2.09. The minimum Gasteiger partial charge on any atom is -0.455 e. The Morgan fingerprint density at radius 3 is 2.24 bits per heavy atom. The lowest BCUT2D eigenvalue weighted by molar-refractivity contribution is -0.147. The number of esters is 1. The molecular weight excluding hydrogens is 436 g/mol. The molecule has 2 amide bonds. The van der Waals surface area contributed by atoms with Gasteiger partial charge < -0.3 is 15.4 Å². The van der Waals surface area contributed by atoms with Gasteiger partial charge >= 0.3 is 5.97 Å². The van der Waals surface area contributed by atoms with Crippen molar-refractivity contribution in [1.29, 1.82) is 0 Å². The third-order valence-corrected chi connectivity index (χ3v) is 4.21. The first-order chi connectivity index (χ1) is 13.7. The molecule has 0 bridgehead atoms. The average Bonchev–Trinajstić information content (AvgIpc) is 2.68. The van der Waals surface area contributed by atoms with Crippen molar-refractivity contribution in [2.24, 2.45) is 0 Å². The van der Waals surface area contributed by atoms with Crippen molar-refractivity contribution in [3.8, 4) is 0 Å². The first-order valence-corrected chi connectivity index (χ1v) is 8.73. The molecule has 6 nitrogen and oxygen atoms in total. The van der Waals surface area contributed by atoms with E-state index in [1.165, 1.54) is 12.1 Å². The Balaban J connectivity index is 1.77. The van der Waals surface area contributed by atoms with Gasteiger partial charge in [-0.25, -0.2) is 13.2 Å². The first kappa shape index (κ1) is 22.5. The van der Waals surface area contributed by atoms with Gasteiger partial charge in [-0.15, -0.1) is 0 Å². The molecule has 0 spiro atoms. The Labute approximate surface area is 172 Å². The molecule has 2 N–H and O–H groups in total. The van der Waals surface area contributed by atoms with Crippen LogP contribution in [0.3, 0.4) is 0 Å². The fraction of sp³-hybridized carbons (Fsp3) is 0.167. The lowest BCUT2D eigenvalue weighted by Gasteiger charge is -2.09. The predicted molar refractivity (Wildman–Crippen MR) is 99.1 cm³/mol. The van der Waals surface area contributed by atoms with Crippen molar-refractivity contribution in [2.45, 2.75) is 6.42 Å². The molecule has 2 rings (SSSR count). The van der Waals surface area contributed by atoms with Gasteiger partial charge in [-0.2, -0.15) is 0 Å². The topological polar surface area (TPSA) is 84.5 Å². The Kier molecular flexibility index (Phi) is 7.86. The van der Waals surface area contributed by atoms with Crippen molar-refractivity contribution >= 4 is 46.7 Å². The molecule has 0 aliphatic heterocycles. The van der Waals surface area contributed by atoms with E-state index in [0.29, 0.717) is 11.6 Å². The van der Waals surface area contributed by atoms with Gasteiger partial charge in [0.05, 0.1) is 18.7 Å². The normalized spacial score (nSPS) is 10.4. The fourth-order valence-corrected chi connectivity index (χ4v) is 2.62. The summed E-state index contributed by atoms with van der Waals surface area (Å²) in [5.41, 5.74) is -0.250. The van der Waals surface area contributed by atoms with Crippen LogP contribution in [0.15, 0.2) is 30.3 Å². The maximum atomic E-state index is 13.5. The summed E-state index contributed by atoms with van der Waals surface area (Å²) in [6, 6.07) is 6.14. The quantitative estimate of drug-likeness (QED) is 0.502. The lowest BCUT2D eigenvalue weighted by Crippen LogP contribution is -2.35. The molecule has 0 atom stereocenters. The minimum absolute atomic E-state index is 0.262. The standard InChI is InChI=1S/C18H13Cl2F3N2O4/c19-10-2-1-3-11(20)9(10)6-16(28)29-8-15(27)24-7-14(26)25-13-5-4-12(21)17(22)18(13)23/h1-5H,6-8H2,(H,24,27)(H,25,26). The van der Waals surface area contributed by atoms with Crippen molar-refractivity contribution < 1.29 is 32.3 Å². The molecule has 0 aliphatic carbocycles. The van der Waals surface area contributed by atoms with Crippen LogP contribution in [0.5, 0.6) is 0 Å². The molecule has 29 heavy (non-hydrogen) atoms. The number of benzene rings is 2. The number of halogens is 5. The second-order valence-corrected chi connectivity index (χ2v) is 6.40. The van der Waals surface area contributed by atoms with Crippen molar-refractivity contribution in [2.75, 3.05) is 18.5 Å². The number of carbonyl (C=O) groups is 3. The Morgan fingerprint density at radius 1 is 0.931 bits per heavy atom. The van der Waals surface area contributed by atoms with E-state index in [2.05, 4.69) is 5.32 Å². The van der Waals surface area contributed by atoms with E-state index < -0.39 is 54.1 Å². The van der Waals surface area contributed by atoms with Gasteiger partial charge in [0.25, 0.3) is 5.91 Å². The van der Waals surface area contributed by atoms with Crippen molar-refractivity contribution in [1.82, 2.24) is 5.32 Å². The van der Waals surface area contributed by atoms with Gasteiger partial charge in [0.1, 0.15) is 0 Å². The van der Waals surface area contributed by atoms with Crippen LogP contribution < -0.4 is 10.6 Å². The van der Waals surface area contributed by atoms with Gasteiger partial charge in [-0.3, -0.25) is 14.4 Å². The second-order valence-electron chi connectivity index (χ2n) is 5.59. The molecule has 0 saturated carbocycles. The van der Waals surface area contributed by atoms with Crippen LogP contribution in [-0.4, -0.2) is 30.9 Å². The Morgan fingerprint density at radius 2 is 1.59 bits per heavy atom. The van der Waals surface area contributed by atoms with Crippen molar-refractivity contribution in [3.05, 3.63) is 63.4 Å². The van der Waals surface area contributed by atoms with Gasteiger partial charge in [0, 0.05) is 15.6 Å². The van der Waals surface area contributed by atoms with Gasteiger partial charge in [0.2, 0.25) is 5.91 Å². The zero-order chi connectivity index (χ0) is 21.6. The summed E-state index contributed by atoms with van der Waals surface area (Å²) in [5.74, 6) is -7.21. The van der Waals surface area contributed by atoms with Crippen LogP contribution >= 0.6 is 23.2 Å². The highest BCUT2D eigenvalue weighted by molar-refractivity contribution is 6.36. The zero-order valence-electron chi connectivity index (χ0n) is 14.5. The number of amides is 2. The molecule has 0 fully saturated rings. The molecule has 0 aliphatic rings. The molecule has 2 aromatic carbocycles. The van der Waals surface area contributed by atoms with Crippen LogP contribution in [0.2, 0.25) is 10.0 Å². The predicted octanol–water partition coefficient (Wildman–Crippen LogP) is 3.25. The number of rotatable bonds is 7. The summed E-state index contributed by atoms with van der Waals surface area (Å²) in [6.07, 6.45) is -0.262. The summed E-state index contributed by atoms with van der Waals surface area (Å²) in [5, 5.41) is 4.62. The van der Waals surface area contributed by atoms with E-state index >= 15 is 0 Å². The maximum absolute atomic E-state index is 13.5. The first-order valence-electron chi connectivity index (χ1n) is 7.97. The number of nitrogens with one attached hydrogen (secondary N) is 2. The maximum Gasteiger partial charge on any atom is 0.310 e. The van der Waals surface area contributed by atoms with E-state index in [9.17, 15) is 27.6 Å². The van der Waals surface area contributed by atoms with Crippen LogP contribution in [0.1, 0.15) is 5.56 Å². The summed E-state index contributed by atoms with van der Waals surface area (Å²) in [7, 11) is 0. The number of ether oxygens (including phenoxy) is 1. The van der Waals surface area contributed by atoms with E-state index in [1.807, 2.05) is 5.32 Å². The summed E-state index contributed by atoms with van der Waals surface area (Å²) < 4.78 is 44.2. The SMILES string of the molecule is O=C(COC(=O)Cc1c(Cl)cccc1Cl)NCC(=O)Nc1ccc(F)c(F)c1F. The number of hydrogen-bond acceptors (Lipinski definition) is 4. The molecule has 0 heterocycles. The molecule has 0 aromatic heterocycles. The number of anilines is 1. The molecule has 2 aromatic rings. The summed E-state index contributed by atoms with van der Waals surface area (Å²) in [6.45, 7) is -1.31. The van der Waals surface area contributed by atoms with Crippen molar-refractivity contribution in [3.63, 3.8) is 0 Å². The number of carbonyl (C=O) groups excluding carboxylic acids is 3. The van der Waals surface area contributed by atoms with Crippen LogP contribution in [-0.2, 0) is 25.5 Å². The van der Waals surface area contributed by atoms with Crippen LogP contribution in [0, 0.1) is 17.5 Å². The minimum atomic E-state index is -1.74. The summed E-state index contributed by atoms with van der Waals surface area (Å²) >= 11 is 11.9. The summed E-state index contributed by atoms with van der Waals surface area (Å²) in [4.78, 5) is 35.1. The monoisotopic (exact) mass is 448 g/mol. The smallest absolute Gasteiger partial charge is 0.310 e. The lowest BCUT2D eigenvalue weighted by atomic mass is 10.1. The van der Waals surface area contributed by atoms with Crippen LogP contribution in [0.25, 0.3) is 0 Å². The van der Waals surface area contributed by atoms with E-state index in [1.54, 1.807) is 6.07 Å². The molecule has 0 unspecified atom stereocenters. The van der Waals surface area contributed by atoms with Gasteiger partial charge in [-0.1, -0.05) is 29.3 Å². The molecule has 0 radical (unpaired) electrons. The zero-order valence-corrected chi connectivity index (χ0v) is 16.0. The average molecular weight is 449 g/mol. The highest BCUT2D eigenvalue weighted by Gasteiger charge is 2.16. The van der Waals surface area contributed by atoms with Crippen LogP contribution in [0.4, 0.5) is 18.9 Å². The third-order valence-electron chi connectivity index (χ3n) is 3.50. The Hall–Kier alpha value is -2.78. The third kappa shape index (κ3) is 6.37. The van der Waals surface area contributed by atoms with Gasteiger partial charge in [-0.05, 0) is 24.3 Å². The van der Waals surface area contributed by atoms with Gasteiger partial charge in [0.15, 0.2) is 24.1 Å². The molecular formula is C18H13Cl2F3N2O4. The second kappa shape index (κ2) is 10.1. The van der Waals surface area contributed by atoms with E-state index in [-0.39, 0.29) is 16.5 Å². The highest BCUT2D eigenvalue weighted by Crippen LogP contribution is 2.24. The van der Waals surface area contributed by atoms with E-state index in [4.69, 9.17) is 27.9 Å². The largest absolute Gasteiger partial charge is 0.455 e. The van der Waals surface area contributed by atoms with E-state index in [0.717, 1.165) is 6.07 Å². The molecule has 0 saturated heterocycles. The Bertz CT molecular complexity index is 937.